The van der Waals surface area contributed by atoms with Gasteiger partial charge in [0.1, 0.15) is 11.9 Å². The number of para-hydroxylation sites is 1. The van der Waals surface area contributed by atoms with Gasteiger partial charge in [-0.25, -0.2) is 0 Å². The van der Waals surface area contributed by atoms with Crippen molar-refractivity contribution in [3.05, 3.63) is 102 Å². The predicted molar refractivity (Wildman–Crippen MR) is 85.6 cm³/mol. The van der Waals surface area contributed by atoms with Crippen molar-refractivity contribution in [3.63, 3.8) is 0 Å². The first-order chi connectivity index (χ1) is 11.5. The highest BCUT2D eigenvalue weighted by Crippen LogP contribution is 2.32. The van der Waals surface area contributed by atoms with Crippen LogP contribution in [-0.2, 0) is 6.18 Å². The van der Waals surface area contributed by atoms with E-state index in [1.807, 2.05) is 42.5 Å². The van der Waals surface area contributed by atoms with E-state index >= 15 is 0 Å². The quantitative estimate of drug-likeness (QED) is 0.599. The Morgan fingerprint density at radius 1 is 0.750 bits per heavy atom. The Morgan fingerprint density at radius 2 is 1.38 bits per heavy atom. The fraction of sp³-hybridized carbons (Fsp3) is 0.100. The van der Waals surface area contributed by atoms with E-state index in [4.69, 9.17) is 4.74 Å². The molecule has 1 radical (unpaired) electrons. The Hall–Kier alpha value is -2.75. The SMILES string of the molecule is FC(F)(F)c1ccc(C(Oc2[c]cccc2)c2ccccc2)cc1. The molecule has 0 fully saturated rings. The van der Waals surface area contributed by atoms with Crippen LogP contribution in [0.5, 0.6) is 5.75 Å². The van der Waals surface area contributed by atoms with Crippen molar-refractivity contribution >= 4 is 0 Å². The molecule has 3 aromatic carbocycles. The van der Waals surface area contributed by atoms with Gasteiger partial charge >= 0.3 is 6.18 Å². The number of alkyl halides is 3. The van der Waals surface area contributed by atoms with E-state index in [1.165, 1.54) is 12.1 Å². The lowest BCUT2D eigenvalue weighted by Gasteiger charge is -2.20. The lowest BCUT2D eigenvalue weighted by atomic mass is 10.00. The molecule has 121 valence electrons. The van der Waals surface area contributed by atoms with Crippen LogP contribution in [0.4, 0.5) is 13.2 Å². The van der Waals surface area contributed by atoms with E-state index < -0.39 is 17.8 Å². The van der Waals surface area contributed by atoms with Crippen LogP contribution in [0.25, 0.3) is 0 Å². The van der Waals surface area contributed by atoms with Crippen LogP contribution in [0.2, 0.25) is 0 Å². The topological polar surface area (TPSA) is 9.23 Å². The van der Waals surface area contributed by atoms with Gasteiger partial charge in [0.2, 0.25) is 0 Å². The van der Waals surface area contributed by atoms with Crippen LogP contribution >= 0.6 is 0 Å². The predicted octanol–water partition coefficient (Wildman–Crippen LogP) is 5.67. The molecule has 24 heavy (non-hydrogen) atoms. The van der Waals surface area contributed by atoms with Crippen molar-refractivity contribution in [3.8, 4) is 5.75 Å². The van der Waals surface area contributed by atoms with Crippen LogP contribution in [0, 0.1) is 6.07 Å². The maximum absolute atomic E-state index is 12.8. The second-order valence-corrected chi connectivity index (χ2v) is 5.26. The lowest BCUT2D eigenvalue weighted by Crippen LogP contribution is -2.11. The summed E-state index contributed by atoms with van der Waals surface area (Å²) in [5.41, 5.74) is 0.824. The highest BCUT2D eigenvalue weighted by molar-refractivity contribution is 5.35. The molecular weight excluding hydrogens is 313 g/mol. The van der Waals surface area contributed by atoms with Gasteiger partial charge in [0.05, 0.1) is 5.56 Å². The van der Waals surface area contributed by atoms with Crippen LogP contribution in [0.15, 0.2) is 78.9 Å². The minimum absolute atomic E-state index is 0.507. The van der Waals surface area contributed by atoms with Crippen LogP contribution < -0.4 is 4.74 Å². The summed E-state index contributed by atoms with van der Waals surface area (Å²) in [5.74, 6) is 0.534. The maximum atomic E-state index is 12.8. The molecule has 0 aromatic heterocycles. The van der Waals surface area contributed by atoms with Gasteiger partial charge in [-0.2, -0.15) is 13.2 Å². The highest BCUT2D eigenvalue weighted by atomic mass is 19.4. The van der Waals surface area contributed by atoms with E-state index in [2.05, 4.69) is 6.07 Å². The average molecular weight is 327 g/mol. The fourth-order valence-electron chi connectivity index (χ4n) is 2.38. The second-order valence-electron chi connectivity index (χ2n) is 5.26. The summed E-state index contributed by atoms with van der Waals surface area (Å²) >= 11 is 0. The summed E-state index contributed by atoms with van der Waals surface area (Å²) in [6.07, 6.45) is -4.86. The molecular formula is C20H14F3O. The summed E-state index contributed by atoms with van der Waals surface area (Å²) in [6.45, 7) is 0. The molecule has 0 saturated heterocycles. The van der Waals surface area contributed by atoms with Gasteiger partial charge < -0.3 is 4.74 Å². The van der Waals surface area contributed by atoms with E-state index in [0.29, 0.717) is 11.3 Å². The fourth-order valence-corrected chi connectivity index (χ4v) is 2.38. The van der Waals surface area contributed by atoms with Gasteiger partial charge in [0.25, 0.3) is 0 Å². The van der Waals surface area contributed by atoms with E-state index in [-0.39, 0.29) is 0 Å². The number of halogens is 3. The first kappa shape index (κ1) is 16.1. The van der Waals surface area contributed by atoms with Crippen LogP contribution in [0.3, 0.4) is 0 Å². The standard InChI is InChI=1S/C20H14F3O/c21-20(22,23)17-13-11-16(12-14-17)19(15-7-3-1-4-8-15)24-18-9-5-2-6-10-18/h1-9,11-14,19H. The Balaban J connectivity index is 1.95. The van der Waals surface area contributed by atoms with Gasteiger partial charge in [0, 0.05) is 6.07 Å². The third-order valence-electron chi connectivity index (χ3n) is 3.57. The molecule has 0 aliphatic carbocycles. The van der Waals surface area contributed by atoms with Gasteiger partial charge in [-0.15, -0.1) is 0 Å². The zero-order chi connectivity index (χ0) is 17.0. The molecule has 3 rings (SSSR count). The summed E-state index contributed by atoms with van der Waals surface area (Å²) < 4.78 is 44.2. The second kappa shape index (κ2) is 6.79. The van der Waals surface area contributed by atoms with Crippen molar-refractivity contribution in [1.82, 2.24) is 0 Å². The molecule has 1 atom stereocenters. The minimum Gasteiger partial charge on any atom is -0.480 e. The van der Waals surface area contributed by atoms with E-state index in [9.17, 15) is 13.2 Å². The van der Waals surface area contributed by atoms with Crippen LogP contribution in [-0.4, -0.2) is 0 Å². The minimum atomic E-state index is -4.35. The molecule has 0 aliphatic heterocycles. The molecule has 0 spiro atoms. The highest BCUT2D eigenvalue weighted by Gasteiger charge is 2.30. The molecule has 0 bridgehead atoms. The Bertz CT molecular complexity index is 765. The summed E-state index contributed by atoms with van der Waals surface area (Å²) in [4.78, 5) is 0. The number of ether oxygens (including phenoxy) is 1. The Kier molecular flexibility index (Phi) is 4.56. The lowest BCUT2D eigenvalue weighted by molar-refractivity contribution is -0.137. The largest absolute Gasteiger partial charge is 0.480 e. The molecule has 0 saturated carbocycles. The number of hydrogen-bond acceptors (Lipinski definition) is 1. The molecule has 0 N–H and O–H groups in total. The van der Waals surface area contributed by atoms with E-state index in [1.54, 1.807) is 12.1 Å². The first-order valence-corrected chi connectivity index (χ1v) is 7.39. The van der Waals surface area contributed by atoms with Crippen molar-refractivity contribution in [1.29, 1.82) is 0 Å². The summed E-state index contributed by atoms with van der Waals surface area (Å²) in [7, 11) is 0. The monoisotopic (exact) mass is 327 g/mol. The molecule has 1 nitrogen and oxygen atoms in total. The zero-order valence-electron chi connectivity index (χ0n) is 12.6. The Morgan fingerprint density at radius 3 is 1.96 bits per heavy atom. The molecule has 4 heteroatoms. The third-order valence-corrected chi connectivity index (χ3v) is 3.57. The molecule has 0 aliphatic rings. The van der Waals surface area contributed by atoms with Gasteiger partial charge in [-0.3, -0.25) is 0 Å². The first-order valence-electron chi connectivity index (χ1n) is 7.39. The van der Waals surface area contributed by atoms with Crippen molar-refractivity contribution in [2.24, 2.45) is 0 Å². The van der Waals surface area contributed by atoms with Gasteiger partial charge in [-0.1, -0.05) is 60.7 Å². The van der Waals surface area contributed by atoms with Crippen molar-refractivity contribution in [2.75, 3.05) is 0 Å². The number of benzene rings is 3. The molecule has 3 aromatic rings. The molecule has 0 heterocycles. The average Bonchev–Trinajstić information content (AvgIpc) is 2.61. The molecule has 0 amide bonds. The third kappa shape index (κ3) is 3.77. The number of rotatable bonds is 4. The summed E-state index contributed by atoms with van der Waals surface area (Å²) in [6, 6.07) is 24.5. The molecule has 1 unspecified atom stereocenters. The van der Waals surface area contributed by atoms with Crippen molar-refractivity contribution < 1.29 is 17.9 Å². The van der Waals surface area contributed by atoms with Gasteiger partial charge in [0.15, 0.2) is 0 Å². The van der Waals surface area contributed by atoms with E-state index in [0.717, 1.165) is 17.7 Å². The van der Waals surface area contributed by atoms with Crippen molar-refractivity contribution in [2.45, 2.75) is 12.3 Å². The smallest absolute Gasteiger partial charge is 0.416 e. The van der Waals surface area contributed by atoms with Gasteiger partial charge in [-0.05, 0) is 29.3 Å². The summed E-state index contributed by atoms with van der Waals surface area (Å²) in [5, 5.41) is 0. The zero-order valence-corrected chi connectivity index (χ0v) is 12.6. The number of hydrogen-bond donors (Lipinski definition) is 0. The maximum Gasteiger partial charge on any atom is 0.416 e. The normalized spacial score (nSPS) is 12.6. The Labute approximate surface area is 138 Å². The van der Waals surface area contributed by atoms with Crippen LogP contribution in [0.1, 0.15) is 22.8 Å².